The van der Waals surface area contributed by atoms with Crippen LogP contribution in [0.15, 0.2) is 24.3 Å². The Balaban J connectivity index is 0.878. The molecule has 0 N–H and O–H groups in total. The number of rotatable bonds is 6. The molecule has 5 saturated heterocycles. The molecule has 0 aliphatic carbocycles. The number of carbonyl (C=O) groups is 4. The third-order valence-corrected chi connectivity index (χ3v) is 8.75. The van der Waals surface area contributed by atoms with Crippen molar-refractivity contribution >= 4 is 23.6 Å². The van der Waals surface area contributed by atoms with E-state index in [4.69, 9.17) is 9.47 Å². The molecular weight excluding hydrogens is 440 g/mol. The van der Waals surface area contributed by atoms with Gasteiger partial charge in [0.15, 0.2) is 0 Å². The molecule has 0 saturated carbocycles. The molecule has 0 radical (unpaired) electrons. The number of imide groups is 2. The zero-order chi connectivity index (χ0) is 23.1. The highest BCUT2D eigenvalue weighted by Crippen LogP contribution is 2.46. The predicted molar refractivity (Wildman–Crippen MR) is 116 cm³/mol. The van der Waals surface area contributed by atoms with Crippen molar-refractivity contribution in [3.8, 4) is 0 Å². The number of fused-ring (bicyclic) bond motifs is 10. The summed E-state index contributed by atoms with van der Waals surface area (Å²) in [4.78, 5) is 58.6. The quantitative estimate of drug-likeness (QED) is 0.343. The molecule has 5 fully saturated rings. The summed E-state index contributed by atoms with van der Waals surface area (Å²) < 4.78 is 11.4. The Kier molecular flexibility index (Phi) is 4.65. The number of hydrogen-bond acceptors (Lipinski definition) is 8. The lowest BCUT2D eigenvalue weighted by Gasteiger charge is -2.35. The van der Waals surface area contributed by atoms with Gasteiger partial charge in [-0.25, -0.2) is 0 Å². The van der Waals surface area contributed by atoms with E-state index < -0.39 is 0 Å². The van der Waals surface area contributed by atoms with Gasteiger partial charge >= 0.3 is 0 Å². The van der Waals surface area contributed by atoms with Crippen LogP contribution in [0.25, 0.3) is 0 Å². The maximum Gasteiger partial charge on any atom is 0.236 e. The summed E-state index contributed by atoms with van der Waals surface area (Å²) in [7, 11) is 0. The normalized spacial score (nSPS) is 42.7. The third-order valence-electron chi connectivity index (χ3n) is 8.75. The van der Waals surface area contributed by atoms with Crippen LogP contribution >= 0.6 is 0 Å². The van der Waals surface area contributed by atoms with E-state index >= 15 is 0 Å². The summed E-state index contributed by atoms with van der Waals surface area (Å²) in [6.07, 6.45) is 6.66. The molecule has 8 atom stereocenters. The zero-order valence-electron chi connectivity index (χ0n) is 18.8. The van der Waals surface area contributed by atoms with E-state index in [0.29, 0.717) is 26.2 Å². The molecular formula is C24H28N4O6. The van der Waals surface area contributed by atoms with Gasteiger partial charge in [-0.3, -0.25) is 38.8 Å². The van der Waals surface area contributed by atoms with Crippen molar-refractivity contribution in [3.05, 3.63) is 24.3 Å². The monoisotopic (exact) mass is 468 g/mol. The number of amides is 4. The number of hydrogen-bond donors (Lipinski definition) is 0. The van der Waals surface area contributed by atoms with E-state index in [0.717, 1.165) is 26.2 Å². The summed E-state index contributed by atoms with van der Waals surface area (Å²) in [5, 5.41) is 0. The standard InChI is InChI=1S/C24H28N4O6/c29-21-17-13-1-2-14(33-13)18(17)22(30)27(21)11-9-25-5-7-26(8-6-25)10-12-28-23(31)19-15-3-4-16(34-15)20(19)24(28)32/h1-4,13-20H,5-12H2/t13?,14?,15?,16?,17-,18+,19-,20+. The van der Waals surface area contributed by atoms with Crippen LogP contribution in [0.5, 0.6) is 0 Å². The molecule has 4 bridgehead atoms. The highest BCUT2D eigenvalue weighted by Gasteiger charge is 2.61. The Morgan fingerprint density at radius 2 is 0.824 bits per heavy atom. The van der Waals surface area contributed by atoms with Gasteiger partial charge in [-0.2, -0.15) is 0 Å². The Morgan fingerprint density at radius 3 is 1.12 bits per heavy atom. The van der Waals surface area contributed by atoms with Gasteiger partial charge in [0.25, 0.3) is 0 Å². The summed E-state index contributed by atoms with van der Waals surface area (Å²) in [6, 6.07) is 0. The highest BCUT2D eigenvalue weighted by molar-refractivity contribution is 6.07. The van der Waals surface area contributed by atoms with Crippen LogP contribution in [0.3, 0.4) is 0 Å². The van der Waals surface area contributed by atoms with Crippen LogP contribution < -0.4 is 0 Å². The molecule has 7 heterocycles. The molecule has 180 valence electrons. The number of nitrogens with zero attached hydrogens (tertiary/aromatic N) is 4. The summed E-state index contributed by atoms with van der Waals surface area (Å²) in [5.74, 6) is -1.73. The fraction of sp³-hybridized carbons (Fsp3) is 0.667. The van der Waals surface area contributed by atoms with Gasteiger partial charge in [0.2, 0.25) is 23.6 Å². The maximum absolute atomic E-state index is 12.8. The lowest BCUT2D eigenvalue weighted by Crippen LogP contribution is -2.51. The number of likely N-dealkylation sites (tertiary alicyclic amines) is 2. The Labute approximate surface area is 197 Å². The molecule has 0 aromatic carbocycles. The summed E-state index contributed by atoms with van der Waals surface area (Å²) in [6.45, 7) is 5.47. The summed E-state index contributed by atoms with van der Waals surface area (Å²) in [5.41, 5.74) is 0. The minimum absolute atomic E-state index is 0.0933. The molecule has 7 aliphatic heterocycles. The van der Waals surface area contributed by atoms with Crippen molar-refractivity contribution < 1.29 is 28.7 Å². The fourth-order valence-electron chi connectivity index (χ4n) is 6.89. The van der Waals surface area contributed by atoms with Crippen molar-refractivity contribution in [2.75, 3.05) is 52.4 Å². The van der Waals surface area contributed by atoms with E-state index in [1.54, 1.807) is 0 Å². The van der Waals surface area contributed by atoms with Crippen molar-refractivity contribution in [1.82, 2.24) is 19.6 Å². The number of piperazine rings is 1. The van der Waals surface area contributed by atoms with Crippen LogP contribution in [0, 0.1) is 23.7 Å². The Morgan fingerprint density at radius 1 is 0.529 bits per heavy atom. The van der Waals surface area contributed by atoms with E-state index in [2.05, 4.69) is 9.80 Å². The largest absolute Gasteiger partial charge is 0.365 e. The third kappa shape index (κ3) is 2.89. The molecule has 10 heteroatoms. The SMILES string of the molecule is O=C1[C@@H]2C3C=CC(O3)[C@@H]2C(=O)N1CCN1CCN(CCN2C(=O)[C@@H]3C4C=CC(O4)[C@@H]3C2=O)CC1. The van der Waals surface area contributed by atoms with E-state index in [-0.39, 0.29) is 71.7 Å². The van der Waals surface area contributed by atoms with Gasteiger partial charge in [0.05, 0.1) is 48.1 Å². The first kappa shape index (κ1) is 20.9. The maximum atomic E-state index is 12.8. The topological polar surface area (TPSA) is 99.7 Å². The second kappa shape index (κ2) is 7.55. The second-order valence-electron chi connectivity index (χ2n) is 10.3. The van der Waals surface area contributed by atoms with Gasteiger partial charge in [0.1, 0.15) is 0 Å². The van der Waals surface area contributed by atoms with Gasteiger partial charge in [0, 0.05) is 52.4 Å². The number of carbonyl (C=O) groups excluding carboxylic acids is 4. The first-order valence-corrected chi connectivity index (χ1v) is 12.3. The van der Waals surface area contributed by atoms with Crippen LogP contribution in [0.4, 0.5) is 0 Å². The van der Waals surface area contributed by atoms with Crippen LogP contribution in [-0.4, -0.2) is 120 Å². The zero-order valence-corrected chi connectivity index (χ0v) is 18.8. The smallest absolute Gasteiger partial charge is 0.236 e. The van der Waals surface area contributed by atoms with Crippen molar-refractivity contribution in [1.29, 1.82) is 0 Å². The van der Waals surface area contributed by atoms with Gasteiger partial charge in [-0.1, -0.05) is 24.3 Å². The van der Waals surface area contributed by atoms with Crippen molar-refractivity contribution in [3.63, 3.8) is 0 Å². The van der Waals surface area contributed by atoms with E-state index in [1.807, 2.05) is 24.3 Å². The lowest BCUT2D eigenvalue weighted by atomic mass is 9.85. The Hall–Kier alpha value is -2.40. The number of ether oxygens (including phenoxy) is 2. The van der Waals surface area contributed by atoms with E-state index in [9.17, 15) is 19.2 Å². The predicted octanol–water partition coefficient (Wildman–Crippen LogP) is -1.52. The molecule has 0 aromatic heterocycles. The van der Waals surface area contributed by atoms with Gasteiger partial charge < -0.3 is 9.47 Å². The minimum Gasteiger partial charge on any atom is -0.365 e. The average Bonchev–Trinajstić information content (AvgIpc) is 3.67. The molecule has 7 rings (SSSR count). The second-order valence-corrected chi connectivity index (χ2v) is 10.3. The van der Waals surface area contributed by atoms with Crippen molar-refractivity contribution in [2.45, 2.75) is 24.4 Å². The van der Waals surface area contributed by atoms with Crippen molar-refractivity contribution in [2.24, 2.45) is 23.7 Å². The molecule has 34 heavy (non-hydrogen) atoms. The van der Waals surface area contributed by atoms with Crippen LogP contribution in [0.1, 0.15) is 0 Å². The Bertz CT molecular complexity index is 879. The van der Waals surface area contributed by atoms with Gasteiger partial charge in [-0.15, -0.1) is 0 Å². The average molecular weight is 469 g/mol. The first-order valence-electron chi connectivity index (χ1n) is 12.3. The van der Waals surface area contributed by atoms with Gasteiger partial charge in [-0.05, 0) is 0 Å². The highest BCUT2D eigenvalue weighted by atomic mass is 16.5. The van der Waals surface area contributed by atoms with E-state index in [1.165, 1.54) is 9.80 Å². The molecule has 7 aliphatic rings. The lowest BCUT2D eigenvalue weighted by molar-refractivity contribution is -0.144. The van der Waals surface area contributed by atoms with Crippen LogP contribution in [-0.2, 0) is 28.7 Å². The fourth-order valence-corrected chi connectivity index (χ4v) is 6.89. The molecule has 0 spiro atoms. The molecule has 4 unspecified atom stereocenters. The van der Waals surface area contributed by atoms with Crippen LogP contribution in [0.2, 0.25) is 0 Å². The molecule has 4 amide bonds. The minimum atomic E-state index is -0.340. The first-order chi connectivity index (χ1) is 16.5. The molecule has 10 nitrogen and oxygen atoms in total. The summed E-state index contributed by atoms with van der Waals surface area (Å²) >= 11 is 0. The molecule has 0 aromatic rings.